The van der Waals surface area contributed by atoms with E-state index in [-0.39, 0.29) is 11.5 Å². The summed E-state index contributed by atoms with van der Waals surface area (Å²) in [6.07, 6.45) is -2.56. The average Bonchev–Trinajstić information content (AvgIpc) is 2.91. The van der Waals surface area contributed by atoms with Crippen LogP contribution < -0.4 is 5.32 Å². The summed E-state index contributed by atoms with van der Waals surface area (Å²) in [7, 11) is 1.97. The number of carboxylic acids is 1. The maximum Gasteiger partial charge on any atom is 0.394 e. The van der Waals surface area contributed by atoms with E-state index in [4.69, 9.17) is 5.11 Å². The van der Waals surface area contributed by atoms with Crippen molar-refractivity contribution in [2.24, 2.45) is 17.3 Å². The number of likely N-dealkylation sites (N-methyl/N-ethyl adjacent to an activating group) is 1. The van der Waals surface area contributed by atoms with Gasteiger partial charge in [0.25, 0.3) is 0 Å². The molecule has 0 aromatic rings. The monoisotopic (exact) mass is 365 g/mol. The normalized spacial score (nSPS) is 30.3. The number of carbonyl (C=O) groups is 2. The zero-order valence-electron chi connectivity index (χ0n) is 14.8. The molecule has 0 radical (unpaired) electrons. The minimum Gasteiger partial charge on any atom is -0.481 e. The molecule has 2 N–H and O–H groups in total. The number of nitrogens with zero attached hydrogens (tertiary/aromatic N) is 2. The number of aliphatic carboxylic acids is 1. The summed E-state index contributed by atoms with van der Waals surface area (Å²) in [5.41, 5.74) is -0.0105. The summed E-state index contributed by atoms with van der Waals surface area (Å²) in [5.74, 6) is -5.16. The third kappa shape index (κ3) is 4.37. The van der Waals surface area contributed by atoms with E-state index >= 15 is 0 Å². The number of amides is 2. The molecule has 9 heteroatoms. The van der Waals surface area contributed by atoms with Gasteiger partial charge in [0.2, 0.25) is 0 Å². The van der Waals surface area contributed by atoms with Gasteiger partial charge in [0.05, 0.1) is 11.8 Å². The highest BCUT2D eigenvalue weighted by molar-refractivity contribution is 5.77. The minimum absolute atomic E-state index is 0.0105. The van der Waals surface area contributed by atoms with Crippen molar-refractivity contribution in [2.75, 3.05) is 33.2 Å². The molecule has 2 rings (SSSR count). The van der Waals surface area contributed by atoms with Gasteiger partial charge in [-0.15, -0.1) is 0 Å². The van der Waals surface area contributed by atoms with Gasteiger partial charge in [-0.1, -0.05) is 13.8 Å². The van der Waals surface area contributed by atoms with Crippen LogP contribution in [0.15, 0.2) is 0 Å². The molecular weight excluding hydrogens is 339 g/mol. The van der Waals surface area contributed by atoms with E-state index in [9.17, 15) is 22.8 Å². The third-order valence-electron chi connectivity index (χ3n) is 5.56. The number of halogens is 3. The molecule has 25 heavy (non-hydrogen) atoms. The highest BCUT2D eigenvalue weighted by Gasteiger charge is 2.53. The van der Waals surface area contributed by atoms with Crippen molar-refractivity contribution < 1.29 is 27.9 Å². The SMILES string of the molecule is CN1CCCC(C)(C)C1CNC(=O)N1C[C@@H](C(F)(F)F)[C@H](C(=O)O)C1. The zero-order chi connectivity index (χ0) is 19.0. The highest BCUT2D eigenvalue weighted by atomic mass is 19.4. The summed E-state index contributed by atoms with van der Waals surface area (Å²) in [6.45, 7) is 4.41. The van der Waals surface area contributed by atoms with Crippen LogP contribution in [0.2, 0.25) is 0 Å². The molecule has 2 aliphatic rings. The molecule has 2 heterocycles. The Morgan fingerprint density at radius 2 is 1.92 bits per heavy atom. The standard InChI is InChI=1S/C16H26F3N3O3/c1-15(2)5-4-6-21(3)12(15)7-20-14(25)22-8-10(13(23)24)11(9-22)16(17,18)19/h10-12H,4-9H2,1-3H3,(H,20,25)(H,23,24)/t10-,11-,12?/m1/s1. The summed E-state index contributed by atoms with van der Waals surface area (Å²) >= 11 is 0. The lowest BCUT2D eigenvalue weighted by Gasteiger charge is -2.45. The molecule has 144 valence electrons. The second-order valence-electron chi connectivity index (χ2n) is 7.77. The minimum atomic E-state index is -4.64. The van der Waals surface area contributed by atoms with Gasteiger partial charge in [0, 0.05) is 25.7 Å². The van der Waals surface area contributed by atoms with Gasteiger partial charge in [0.15, 0.2) is 0 Å². The van der Waals surface area contributed by atoms with Crippen molar-refractivity contribution in [1.29, 1.82) is 0 Å². The third-order valence-corrected chi connectivity index (χ3v) is 5.56. The Morgan fingerprint density at radius 3 is 2.40 bits per heavy atom. The molecule has 0 aromatic heterocycles. The maximum absolute atomic E-state index is 13.0. The quantitative estimate of drug-likeness (QED) is 0.803. The fourth-order valence-electron chi connectivity index (χ4n) is 3.98. The highest BCUT2D eigenvalue weighted by Crippen LogP contribution is 2.38. The van der Waals surface area contributed by atoms with E-state index in [2.05, 4.69) is 24.1 Å². The molecule has 2 amide bonds. The number of nitrogens with one attached hydrogen (secondary N) is 1. The molecule has 0 bridgehead atoms. The predicted octanol–water partition coefficient (Wildman–Crippen LogP) is 2.01. The van der Waals surface area contributed by atoms with E-state index in [1.807, 2.05) is 7.05 Å². The van der Waals surface area contributed by atoms with Gasteiger partial charge in [-0.3, -0.25) is 4.79 Å². The van der Waals surface area contributed by atoms with Gasteiger partial charge in [-0.2, -0.15) is 13.2 Å². The van der Waals surface area contributed by atoms with Gasteiger partial charge in [0.1, 0.15) is 0 Å². The van der Waals surface area contributed by atoms with Crippen LogP contribution in [0.3, 0.4) is 0 Å². The van der Waals surface area contributed by atoms with Crippen molar-refractivity contribution in [3.63, 3.8) is 0 Å². The van der Waals surface area contributed by atoms with Crippen LogP contribution in [0.5, 0.6) is 0 Å². The Bertz CT molecular complexity index is 524. The number of urea groups is 1. The molecule has 1 unspecified atom stereocenters. The van der Waals surface area contributed by atoms with Gasteiger partial charge >= 0.3 is 18.2 Å². The second-order valence-corrected chi connectivity index (χ2v) is 7.77. The predicted molar refractivity (Wildman–Crippen MR) is 85.1 cm³/mol. The second kappa shape index (κ2) is 7.01. The van der Waals surface area contributed by atoms with Crippen molar-refractivity contribution >= 4 is 12.0 Å². The van der Waals surface area contributed by atoms with Crippen LogP contribution in [-0.4, -0.2) is 72.4 Å². The van der Waals surface area contributed by atoms with Crippen molar-refractivity contribution in [3.05, 3.63) is 0 Å². The lowest BCUT2D eigenvalue weighted by molar-refractivity contribution is -0.187. The Hall–Kier alpha value is -1.51. The number of hydrogen-bond donors (Lipinski definition) is 2. The van der Waals surface area contributed by atoms with Gasteiger partial charge < -0.3 is 20.2 Å². The first-order valence-electron chi connectivity index (χ1n) is 8.46. The van der Waals surface area contributed by atoms with Gasteiger partial charge in [-0.25, -0.2) is 4.79 Å². The van der Waals surface area contributed by atoms with E-state index < -0.39 is 43.1 Å². The molecule has 2 fully saturated rings. The zero-order valence-corrected chi connectivity index (χ0v) is 14.8. The molecule has 0 aliphatic carbocycles. The van der Waals surface area contributed by atoms with Crippen LogP contribution in [0.4, 0.5) is 18.0 Å². The number of piperidine rings is 1. The fourth-order valence-corrected chi connectivity index (χ4v) is 3.98. The summed E-state index contributed by atoms with van der Waals surface area (Å²) in [6, 6.07) is -0.547. The topological polar surface area (TPSA) is 72.9 Å². The van der Waals surface area contributed by atoms with E-state index in [0.29, 0.717) is 6.54 Å². The first kappa shape index (κ1) is 19.8. The molecule has 6 nitrogen and oxygen atoms in total. The Morgan fingerprint density at radius 1 is 1.28 bits per heavy atom. The maximum atomic E-state index is 13.0. The van der Waals surface area contributed by atoms with Crippen LogP contribution >= 0.6 is 0 Å². The number of carbonyl (C=O) groups excluding carboxylic acids is 1. The number of hydrogen-bond acceptors (Lipinski definition) is 3. The molecular formula is C16H26F3N3O3. The lowest BCUT2D eigenvalue weighted by Crippen LogP contribution is -2.54. The Labute approximate surface area is 145 Å². The van der Waals surface area contributed by atoms with Gasteiger partial charge in [-0.05, 0) is 31.8 Å². The number of carboxylic acid groups (broad SMARTS) is 1. The summed E-state index contributed by atoms with van der Waals surface area (Å²) in [5, 5.41) is 11.7. The fraction of sp³-hybridized carbons (Fsp3) is 0.875. The Balaban J connectivity index is 1.98. The molecule has 0 aromatic carbocycles. The Kier molecular flexibility index (Phi) is 5.56. The van der Waals surface area contributed by atoms with Crippen molar-refractivity contribution in [2.45, 2.75) is 38.9 Å². The van der Waals surface area contributed by atoms with Crippen molar-refractivity contribution in [1.82, 2.24) is 15.1 Å². The number of alkyl halides is 3. The van der Waals surface area contributed by atoms with Crippen LogP contribution in [-0.2, 0) is 4.79 Å². The van der Waals surface area contributed by atoms with Crippen LogP contribution in [0.1, 0.15) is 26.7 Å². The molecule has 2 saturated heterocycles. The smallest absolute Gasteiger partial charge is 0.394 e. The largest absolute Gasteiger partial charge is 0.481 e. The molecule has 0 saturated carbocycles. The first-order valence-corrected chi connectivity index (χ1v) is 8.46. The van der Waals surface area contributed by atoms with E-state index in [1.54, 1.807) is 0 Å². The molecule has 3 atom stereocenters. The first-order chi connectivity index (χ1) is 11.4. The summed E-state index contributed by atoms with van der Waals surface area (Å²) < 4.78 is 39.0. The van der Waals surface area contributed by atoms with Crippen LogP contribution in [0.25, 0.3) is 0 Å². The number of likely N-dealkylation sites (tertiary alicyclic amines) is 2. The average molecular weight is 365 g/mol. The summed E-state index contributed by atoms with van der Waals surface area (Å²) in [4.78, 5) is 26.5. The van der Waals surface area contributed by atoms with E-state index in [0.717, 1.165) is 24.3 Å². The van der Waals surface area contributed by atoms with Crippen LogP contribution in [0, 0.1) is 17.3 Å². The van der Waals surface area contributed by atoms with E-state index in [1.165, 1.54) is 0 Å². The molecule has 0 spiro atoms. The molecule has 2 aliphatic heterocycles. The van der Waals surface area contributed by atoms with Crippen molar-refractivity contribution in [3.8, 4) is 0 Å². The lowest BCUT2D eigenvalue weighted by atomic mass is 9.76. The number of rotatable bonds is 3.